The summed E-state index contributed by atoms with van der Waals surface area (Å²) in [6.07, 6.45) is 5.87. The quantitative estimate of drug-likeness (QED) is 0.817. The normalized spacial score (nSPS) is 18.7. The van der Waals surface area contributed by atoms with Crippen LogP contribution in [0.5, 0.6) is 0 Å². The van der Waals surface area contributed by atoms with Crippen LogP contribution in [0.25, 0.3) is 0 Å². The topological polar surface area (TPSA) is 56.8 Å². The molecule has 3 rings (SSSR count). The number of anilines is 1. The summed E-state index contributed by atoms with van der Waals surface area (Å²) in [4.78, 5) is 34.1. The third-order valence-corrected chi connectivity index (χ3v) is 4.45. The Bertz CT molecular complexity index is 561. The van der Waals surface area contributed by atoms with E-state index in [0.29, 0.717) is 31.7 Å². The lowest BCUT2D eigenvalue weighted by Gasteiger charge is -2.34. The van der Waals surface area contributed by atoms with E-state index >= 15 is 0 Å². The first-order valence-corrected chi connectivity index (χ1v) is 7.90. The number of amides is 2. The second-order valence-electron chi connectivity index (χ2n) is 5.92. The Labute approximate surface area is 130 Å². The van der Waals surface area contributed by atoms with Crippen molar-refractivity contribution in [3.05, 3.63) is 24.0 Å². The Morgan fingerprint density at radius 3 is 2.23 bits per heavy atom. The van der Waals surface area contributed by atoms with E-state index in [0.717, 1.165) is 18.8 Å². The number of hydrogen-bond donors (Lipinski definition) is 0. The highest BCUT2D eigenvalue weighted by Crippen LogP contribution is 2.21. The van der Waals surface area contributed by atoms with Crippen molar-refractivity contribution in [3.8, 4) is 0 Å². The van der Waals surface area contributed by atoms with Gasteiger partial charge in [0.05, 0.1) is 17.4 Å². The number of hydrogen-bond acceptors (Lipinski definition) is 4. The van der Waals surface area contributed by atoms with Crippen LogP contribution in [0.1, 0.15) is 30.1 Å². The van der Waals surface area contributed by atoms with E-state index < -0.39 is 0 Å². The first-order chi connectivity index (χ1) is 10.6. The molecule has 0 bridgehead atoms. The zero-order chi connectivity index (χ0) is 15.5. The van der Waals surface area contributed by atoms with Gasteiger partial charge in [0.25, 0.3) is 5.91 Å². The Morgan fingerprint density at radius 2 is 1.59 bits per heavy atom. The van der Waals surface area contributed by atoms with Gasteiger partial charge in [-0.3, -0.25) is 14.6 Å². The van der Waals surface area contributed by atoms with Gasteiger partial charge in [-0.05, 0) is 18.9 Å². The molecule has 0 saturated carbocycles. The van der Waals surface area contributed by atoms with Gasteiger partial charge in [0, 0.05) is 52.4 Å². The molecule has 3 heterocycles. The lowest BCUT2D eigenvalue weighted by atomic mass is 10.2. The van der Waals surface area contributed by atoms with E-state index in [9.17, 15) is 9.59 Å². The van der Waals surface area contributed by atoms with Crippen LogP contribution in [-0.2, 0) is 4.79 Å². The summed E-state index contributed by atoms with van der Waals surface area (Å²) >= 11 is 0. The fourth-order valence-corrected chi connectivity index (χ4v) is 3.10. The molecule has 118 valence electrons. The molecular formula is C16H22N4O2. The van der Waals surface area contributed by atoms with Crippen LogP contribution in [0.15, 0.2) is 18.5 Å². The standard InChI is InChI=1S/C16H22N4O2/c1-13(21)18-6-8-20(9-7-18)16(22)14-10-15(12-17-11-14)19-4-2-3-5-19/h10-12H,2-9H2,1H3. The largest absolute Gasteiger partial charge is 0.370 e. The molecule has 0 atom stereocenters. The summed E-state index contributed by atoms with van der Waals surface area (Å²) < 4.78 is 0. The fraction of sp³-hybridized carbons (Fsp3) is 0.562. The molecule has 0 unspecified atom stereocenters. The highest BCUT2D eigenvalue weighted by Gasteiger charge is 2.24. The van der Waals surface area contributed by atoms with Crippen LogP contribution in [-0.4, -0.2) is 65.9 Å². The van der Waals surface area contributed by atoms with Gasteiger partial charge in [0.1, 0.15) is 0 Å². The van der Waals surface area contributed by atoms with Crippen molar-refractivity contribution >= 4 is 17.5 Å². The molecule has 0 N–H and O–H groups in total. The second-order valence-corrected chi connectivity index (χ2v) is 5.92. The Balaban J connectivity index is 1.67. The molecule has 2 amide bonds. The van der Waals surface area contributed by atoms with Crippen LogP contribution in [0, 0.1) is 0 Å². The number of nitrogens with zero attached hydrogens (tertiary/aromatic N) is 4. The summed E-state index contributed by atoms with van der Waals surface area (Å²) in [5.74, 6) is 0.0848. The third-order valence-electron chi connectivity index (χ3n) is 4.45. The molecule has 2 aliphatic heterocycles. The fourth-order valence-electron chi connectivity index (χ4n) is 3.10. The molecule has 2 fully saturated rings. The predicted molar refractivity (Wildman–Crippen MR) is 83.8 cm³/mol. The molecular weight excluding hydrogens is 280 g/mol. The van der Waals surface area contributed by atoms with Gasteiger partial charge >= 0.3 is 0 Å². The smallest absolute Gasteiger partial charge is 0.255 e. The number of carbonyl (C=O) groups is 2. The predicted octanol–water partition coefficient (Wildman–Crippen LogP) is 0.986. The third kappa shape index (κ3) is 3.05. The molecule has 1 aromatic heterocycles. The average molecular weight is 302 g/mol. The zero-order valence-electron chi connectivity index (χ0n) is 13.0. The summed E-state index contributed by atoms with van der Waals surface area (Å²) in [5, 5.41) is 0. The molecule has 0 aliphatic carbocycles. The lowest BCUT2D eigenvalue weighted by molar-refractivity contribution is -0.130. The van der Waals surface area contributed by atoms with E-state index in [4.69, 9.17) is 0 Å². The van der Waals surface area contributed by atoms with E-state index in [2.05, 4.69) is 9.88 Å². The maximum atomic E-state index is 12.6. The number of carbonyl (C=O) groups excluding carboxylic acids is 2. The van der Waals surface area contributed by atoms with E-state index in [1.807, 2.05) is 17.2 Å². The molecule has 22 heavy (non-hydrogen) atoms. The minimum atomic E-state index is 0.0109. The monoisotopic (exact) mass is 302 g/mol. The lowest BCUT2D eigenvalue weighted by Crippen LogP contribution is -2.50. The summed E-state index contributed by atoms with van der Waals surface area (Å²) in [6.45, 7) is 6.05. The van der Waals surface area contributed by atoms with E-state index in [1.54, 1.807) is 18.0 Å². The minimum absolute atomic E-state index is 0.0109. The molecule has 0 radical (unpaired) electrons. The van der Waals surface area contributed by atoms with Gasteiger partial charge in [-0.25, -0.2) is 0 Å². The second kappa shape index (κ2) is 6.34. The molecule has 6 nitrogen and oxygen atoms in total. The van der Waals surface area contributed by atoms with Crippen molar-refractivity contribution in [2.75, 3.05) is 44.2 Å². The molecule has 6 heteroatoms. The van der Waals surface area contributed by atoms with Gasteiger partial charge < -0.3 is 14.7 Å². The maximum Gasteiger partial charge on any atom is 0.255 e. The van der Waals surface area contributed by atoms with E-state index in [-0.39, 0.29) is 11.8 Å². The molecule has 2 aliphatic rings. The van der Waals surface area contributed by atoms with Crippen LogP contribution in [0.3, 0.4) is 0 Å². The average Bonchev–Trinajstić information content (AvgIpc) is 3.09. The Morgan fingerprint density at radius 1 is 0.955 bits per heavy atom. The van der Waals surface area contributed by atoms with Crippen molar-refractivity contribution in [3.63, 3.8) is 0 Å². The Hall–Kier alpha value is -2.11. The van der Waals surface area contributed by atoms with Gasteiger partial charge in [0.2, 0.25) is 5.91 Å². The van der Waals surface area contributed by atoms with Gasteiger partial charge in [-0.15, -0.1) is 0 Å². The highest BCUT2D eigenvalue weighted by atomic mass is 16.2. The molecule has 2 saturated heterocycles. The van der Waals surface area contributed by atoms with Crippen molar-refractivity contribution in [2.24, 2.45) is 0 Å². The van der Waals surface area contributed by atoms with Gasteiger partial charge in [-0.1, -0.05) is 0 Å². The van der Waals surface area contributed by atoms with Crippen LogP contribution >= 0.6 is 0 Å². The summed E-state index contributed by atoms with van der Waals surface area (Å²) in [5.41, 5.74) is 1.67. The zero-order valence-corrected chi connectivity index (χ0v) is 13.0. The van der Waals surface area contributed by atoms with Crippen LogP contribution < -0.4 is 4.90 Å². The SMILES string of the molecule is CC(=O)N1CCN(C(=O)c2cncc(N3CCCC3)c2)CC1. The highest BCUT2D eigenvalue weighted by molar-refractivity contribution is 5.95. The molecule has 1 aromatic rings. The minimum Gasteiger partial charge on any atom is -0.370 e. The molecule has 0 aromatic carbocycles. The Kier molecular flexibility index (Phi) is 4.27. The summed E-state index contributed by atoms with van der Waals surface area (Å²) in [7, 11) is 0. The number of pyridine rings is 1. The summed E-state index contributed by atoms with van der Waals surface area (Å²) in [6, 6.07) is 1.94. The van der Waals surface area contributed by atoms with Crippen molar-refractivity contribution < 1.29 is 9.59 Å². The molecule has 0 spiro atoms. The van der Waals surface area contributed by atoms with Crippen molar-refractivity contribution in [1.29, 1.82) is 0 Å². The van der Waals surface area contributed by atoms with Crippen molar-refractivity contribution in [1.82, 2.24) is 14.8 Å². The number of piperazine rings is 1. The first-order valence-electron chi connectivity index (χ1n) is 7.90. The van der Waals surface area contributed by atoms with E-state index in [1.165, 1.54) is 12.8 Å². The van der Waals surface area contributed by atoms with Gasteiger partial charge in [0.15, 0.2) is 0 Å². The van der Waals surface area contributed by atoms with Gasteiger partial charge in [-0.2, -0.15) is 0 Å². The maximum absolute atomic E-state index is 12.6. The van der Waals surface area contributed by atoms with Crippen LogP contribution in [0.2, 0.25) is 0 Å². The number of aromatic nitrogens is 1. The van der Waals surface area contributed by atoms with Crippen LogP contribution in [0.4, 0.5) is 5.69 Å². The number of rotatable bonds is 2. The first kappa shape index (κ1) is 14.8. The van der Waals surface area contributed by atoms with Crippen molar-refractivity contribution in [2.45, 2.75) is 19.8 Å².